The monoisotopic (exact) mass is 276 g/mol. The summed E-state index contributed by atoms with van der Waals surface area (Å²) in [6.07, 6.45) is 5.20. The third-order valence-corrected chi connectivity index (χ3v) is 4.38. The van der Waals surface area contributed by atoms with Crippen molar-refractivity contribution in [3.63, 3.8) is 0 Å². The van der Waals surface area contributed by atoms with Crippen LogP contribution in [0.1, 0.15) is 38.2 Å². The van der Waals surface area contributed by atoms with Gasteiger partial charge in [0.05, 0.1) is 6.07 Å². The number of nitrogens with one attached hydrogen (secondary N) is 1. The zero-order valence-electron chi connectivity index (χ0n) is 11.5. The van der Waals surface area contributed by atoms with Crippen LogP contribution >= 0.6 is 11.6 Å². The summed E-state index contributed by atoms with van der Waals surface area (Å²) in [6, 6.07) is 10.4. The lowest BCUT2D eigenvalue weighted by atomic mass is 9.78. The highest BCUT2D eigenvalue weighted by molar-refractivity contribution is 6.30. The van der Waals surface area contributed by atoms with E-state index in [1.165, 1.54) is 5.56 Å². The fourth-order valence-electron chi connectivity index (χ4n) is 2.68. The van der Waals surface area contributed by atoms with Crippen molar-refractivity contribution in [2.24, 2.45) is 5.92 Å². The van der Waals surface area contributed by atoms with Gasteiger partial charge in [-0.2, -0.15) is 5.26 Å². The van der Waals surface area contributed by atoms with Crippen molar-refractivity contribution in [1.29, 1.82) is 5.26 Å². The van der Waals surface area contributed by atoms with Crippen LogP contribution in [0, 0.1) is 17.2 Å². The van der Waals surface area contributed by atoms with E-state index >= 15 is 0 Å². The average Bonchev–Trinajstić information content (AvgIpc) is 2.44. The Labute approximate surface area is 120 Å². The van der Waals surface area contributed by atoms with Gasteiger partial charge < -0.3 is 0 Å². The minimum absolute atomic E-state index is 0.293. The summed E-state index contributed by atoms with van der Waals surface area (Å²) < 4.78 is 0. The van der Waals surface area contributed by atoms with Gasteiger partial charge in [-0.05, 0) is 55.7 Å². The normalized spacial score (nSPS) is 26.9. The van der Waals surface area contributed by atoms with Gasteiger partial charge in [0.25, 0.3) is 0 Å². The van der Waals surface area contributed by atoms with Gasteiger partial charge in [-0.1, -0.05) is 30.7 Å². The van der Waals surface area contributed by atoms with E-state index < -0.39 is 0 Å². The summed E-state index contributed by atoms with van der Waals surface area (Å²) >= 11 is 5.87. The maximum absolute atomic E-state index is 9.43. The molecular weight excluding hydrogens is 256 g/mol. The van der Waals surface area contributed by atoms with Gasteiger partial charge in [0.2, 0.25) is 0 Å². The van der Waals surface area contributed by atoms with Crippen LogP contribution in [0.2, 0.25) is 5.02 Å². The standard InChI is InChI=1S/C16H21ClN2/c1-13-6-9-16(12-18,10-7-13)19-11-8-14-2-4-15(17)5-3-14/h2-5,13,19H,6-11H2,1H3. The van der Waals surface area contributed by atoms with E-state index in [0.29, 0.717) is 0 Å². The van der Waals surface area contributed by atoms with Crippen LogP contribution in [0.3, 0.4) is 0 Å². The van der Waals surface area contributed by atoms with Crippen molar-refractivity contribution in [3.8, 4) is 6.07 Å². The smallest absolute Gasteiger partial charge is 0.106 e. The Morgan fingerprint density at radius 3 is 2.53 bits per heavy atom. The quantitative estimate of drug-likeness (QED) is 0.904. The molecule has 1 N–H and O–H groups in total. The molecule has 1 fully saturated rings. The third-order valence-electron chi connectivity index (χ3n) is 4.13. The van der Waals surface area contributed by atoms with E-state index in [9.17, 15) is 5.26 Å². The third kappa shape index (κ3) is 3.96. The Morgan fingerprint density at radius 1 is 1.32 bits per heavy atom. The van der Waals surface area contributed by atoms with Gasteiger partial charge in [-0.3, -0.25) is 5.32 Å². The predicted octanol–water partition coefficient (Wildman–Crippen LogP) is 3.94. The number of nitriles is 1. The molecule has 0 heterocycles. The molecule has 0 atom stereocenters. The second kappa shape index (κ2) is 6.41. The molecule has 0 aromatic heterocycles. The summed E-state index contributed by atoms with van der Waals surface area (Å²) in [7, 11) is 0. The molecule has 0 unspecified atom stereocenters. The van der Waals surface area contributed by atoms with Crippen molar-refractivity contribution in [2.75, 3.05) is 6.54 Å². The summed E-state index contributed by atoms with van der Waals surface area (Å²) in [5, 5.41) is 13.7. The highest BCUT2D eigenvalue weighted by atomic mass is 35.5. The number of nitrogens with zero attached hydrogens (tertiary/aromatic N) is 1. The number of hydrogen-bond acceptors (Lipinski definition) is 2. The first kappa shape index (κ1) is 14.4. The largest absolute Gasteiger partial charge is 0.299 e. The molecule has 0 radical (unpaired) electrons. The number of halogens is 1. The molecule has 19 heavy (non-hydrogen) atoms. The van der Waals surface area contributed by atoms with E-state index in [0.717, 1.165) is 49.6 Å². The van der Waals surface area contributed by atoms with Crippen LogP contribution in [0.25, 0.3) is 0 Å². The Balaban J connectivity index is 1.84. The second-order valence-electron chi connectivity index (χ2n) is 5.68. The molecule has 0 amide bonds. The van der Waals surface area contributed by atoms with Gasteiger partial charge in [-0.15, -0.1) is 0 Å². The second-order valence-corrected chi connectivity index (χ2v) is 6.12. The van der Waals surface area contributed by atoms with Crippen LogP contribution in [0.4, 0.5) is 0 Å². The molecule has 102 valence electrons. The maximum atomic E-state index is 9.43. The molecule has 0 aliphatic heterocycles. The maximum Gasteiger partial charge on any atom is 0.106 e. The average molecular weight is 277 g/mol. The molecule has 1 aromatic carbocycles. The molecule has 2 rings (SSSR count). The van der Waals surface area contributed by atoms with Crippen molar-refractivity contribution in [3.05, 3.63) is 34.9 Å². The van der Waals surface area contributed by atoms with Crippen molar-refractivity contribution < 1.29 is 0 Å². The van der Waals surface area contributed by atoms with Gasteiger partial charge >= 0.3 is 0 Å². The topological polar surface area (TPSA) is 35.8 Å². The first-order valence-corrected chi connectivity index (χ1v) is 7.42. The minimum atomic E-state index is -0.293. The van der Waals surface area contributed by atoms with Crippen LogP contribution in [0.5, 0.6) is 0 Å². The van der Waals surface area contributed by atoms with Gasteiger partial charge in [-0.25, -0.2) is 0 Å². The highest BCUT2D eigenvalue weighted by Crippen LogP contribution is 2.31. The van der Waals surface area contributed by atoms with E-state index in [2.05, 4.69) is 18.3 Å². The summed E-state index contributed by atoms with van der Waals surface area (Å²) in [5.74, 6) is 0.763. The van der Waals surface area contributed by atoms with Crippen LogP contribution in [-0.4, -0.2) is 12.1 Å². The molecule has 3 heteroatoms. The molecule has 1 saturated carbocycles. The zero-order valence-corrected chi connectivity index (χ0v) is 12.2. The van der Waals surface area contributed by atoms with E-state index in [1.54, 1.807) is 0 Å². The van der Waals surface area contributed by atoms with Gasteiger partial charge in [0, 0.05) is 11.6 Å². The van der Waals surface area contributed by atoms with Crippen LogP contribution < -0.4 is 5.32 Å². The number of hydrogen-bond donors (Lipinski definition) is 1. The summed E-state index contributed by atoms with van der Waals surface area (Å²) in [6.45, 7) is 3.12. The predicted molar refractivity (Wildman–Crippen MR) is 79.1 cm³/mol. The number of rotatable bonds is 4. The summed E-state index contributed by atoms with van der Waals surface area (Å²) in [4.78, 5) is 0. The first-order chi connectivity index (χ1) is 9.13. The SMILES string of the molecule is CC1CCC(C#N)(NCCc2ccc(Cl)cc2)CC1. The van der Waals surface area contributed by atoms with Crippen LogP contribution in [-0.2, 0) is 6.42 Å². The molecule has 0 bridgehead atoms. The molecule has 1 aromatic rings. The zero-order chi connectivity index (χ0) is 13.7. The van der Waals surface area contributed by atoms with Gasteiger partial charge in [0.1, 0.15) is 5.54 Å². The molecule has 0 spiro atoms. The van der Waals surface area contributed by atoms with Crippen molar-refractivity contribution in [1.82, 2.24) is 5.32 Å². The lowest BCUT2D eigenvalue weighted by Crippen LogP contribution is -2.47. The van der Waals surface area contributed by atoms with E-state index in [4.69, 9.17) is 11.6 Å². The highest BCUT2D eigenvalue weighted by Gasteiger charge is 2.33. The van der Waals surface area contributed by atoms with Crippen LogP contribution in [0.15, 0.2) is 24.3 Å². The molecule has 0 saturated heterocycles. The Morgan fingerprint density at radius 2 is 1.95 bits per heavy atom. The molecule has 1 aliphatic rings. The molecule has 2 nitrogen and oxygen atoms in total. The van der Waals surface area contributed by atoms with Crippen molar-refractivity contribution in [2.45, 2.75) is 44.6 Å². The van der Waals surface area contributed by atoms with E-state index in [-0.39, 0.29) is 5.54 Å². The molecule has 1 aliphatic carbocycles. The minimum Gasteiger partial charge on any atom is -0.299 e. The first-order valence-electron chi connectivity index (χ1n) is 7.04. The fourth-order valence-corrected chi connectivity index (χ4v) is 2.81. The van der Waals surface area contributed by atoms with E-state index in [1.807, 2.05) is 24.3 Å². The Bertz CT molecular complexity index is 439. The lowest BCUT2D eigenvalue weighted by molar-refractivity contribution is 0.250. The number of benzene rings is 1. The fraction of sp³-hybridized carbons (Fsp3) is 0.562. The summed E-state index contributed by atoms with van der Waals surface area (Å²) in [5.41, 5.74) is 0.966. The van der Waals surface area contributed by atoms with Gasteiger partial charge in [0.15, 0.2) is 0 Å². The molecular formula is C16H21ClN2. The Kier molecular flexibility index (Phi) is 4.85. The van der Waals surface area contributed by atoms with Crippen molar-refractivity contribution >= 4 is 11.6 Å². The lowest BCUT2D eigenvalue weighted by Gasteiger charge is -2.34. The Hall–Kier alpha value is -1.04.